The van der Waals surface area contributed by atoms with Crippen LogP contribution in [0.1, 0.15) is 51.3 Å². The summed E-state index contributed by atoms with van der Waals surface area (Å²) in [6, 6.07) is 9.79. The molecule has 0 aliphatic carbocycles. The van der Waals surface area contributed by atoms with Gasteiger partial charge in [0.15, 0.2) is 5.69 Å². The first-order valence-corrected chi connectivity index (χ1v) is 11.4. The lowest BCUT2D eigenvalue weighted by Crippen LogP contribution is -2.31. The normalized spacial score (nSPS) is 14.3. The van der Waals surface area contributed by atoms with E-state index < -0.39 is 47.1 Å². The summed E-state index contributed by atoms with van der Waals surface area (Å²) in [6.45, 7) is 1.82. The van der Waals surface area contributed by atoms with Gasteiger partial charge in [-0.3, -0.25) is 9.59 Å². The van der Waals surface area contributed by atoms with Crippen molar-refractivity contribution in [3.8, 4) is 0 Å². The molecule has 4 rings (SSSR count). The summed E-state index contributed by atoms with van der Waals surface area (Å²) in [7, 11) is 0. The molecule has 1 atom stereocenters. The van der Waals surface area contributed by atoms with E-state index in [1.54, 1.807) is 31.2 Å². The number of aliphatic carboxylic acids is 1. The van der Waals surface area contributed by atoms with Crippen LogP contribution >= 0.6 is 0 Å². The molecule has 0 spiro atoms. The van der Waals surface area contributed by atoms with Crippen LogP contribution in [0.25, 0.3) is 0 Å². The number of fused-ring (bicyclic) bond motifs is 1. The van der Waals surface area contributed by atoms with Crippen LogP contribution in [0.5, 0.6) is 0 Å². The van der Waals surface area contributed by atoms with E-state index in [-0.39, 0.29) is 31.9 Å². The molecule has 0 saturated heterocycles. The number of carboxylic acids is 1. The molecule has 1 aliphatic heterocycles. The molecule has 38 heavy (non-hydrogen) atoms. The van der Waals surface area contributed by atoms with E-state index in [1.807, 2.05) is 0 Å². The fraction of sp³-hybridized carbons (Fsp3) is 0.320. The summed E-state index contributed by atoms with van der Waals surface area (Å²) in [5.41, 5.74) is -1.39. The van der Waals surface area contributed by atoms with Crippen molar-refractivity contribution in [2.24, 2.45) is 0 Å². The molecule has 202 valence electrons. The number of nitrogens with one attached hydrogen (secondary N) is 1. The molecule has 1 aliphatic rings. The molecule has 0 radical (unpaired) electrons. The van der Waals surface area contributed by atoms with Gasteiger partial charge in [0.1, 0.15) is 11.4 Å². The summed E-state index contributed by atoms with van der Waals surface area (Å²) in [5.74, 6) is -2.10. The number of nitrogens with zero attached hydrogens (tertiary/aromatic N) is 3. The van der Waals surface area contributed by atoms with Gasteiger partial charge in [-0.15, -0.1) is 0 Å². The molecular weight excluding hydrogens is 518 g/mol. The summed E-state index contributed by atoms with van der Waals surface area (Å²) in [6.07, 6.45) is -9.65. The molecule has 1 aromatic heterocycles. The van der Waals surface area contributed by atoms with E-state index in [9.17, 15) is 35.9 Å². The number of anilines is 1. The second kappa shape index (κ2) is 10.0. The molecule has 2 aromatic carbocycles. The van der Waals surface area contributed by atoms with Gasteiger partial charge < -0.3 is 15.3 Å². The topological polar surface area (TPSA) is 87.5 Å². The molecule has 13 heteroatoms. The predicted octanol–water partition coefficient (Wildman–Crippen LogP) is 5.06. The van der Waals surface area contributed by atoms with Gasteiger partial charge >= 0.3 is 18.3 Å². The monoisotopic (exact) mass is 540 g/mol. The van der Waals surface area contributed by atoms with E-state index >= 15 is 0 Å². The van der Waals surface area contributed by atoms with E-state index in [4.69, 9.17) is 5.11 Å². The Bertz CT molecular complexity index is 1330. The third kappa shape index (κ3) is 5.76. The molecule has 7 nitrogen and oxygen atoms in total. The Morgan fingerprint density at radius 3 is 2.11 bits per heavy atom. The van der Waals surface area contributed by atoms with Crippen LogP contribution in [-0.4, -0.2) is 33.3 Å². The molecule has 0 saturated carbocycles. The highest BCUT2D eigenvalue weighted by atomic mass is 19.4. The van der Waals surface area contributed by atoms with E-state index in [1.165, 1.54) is 17.0 Å². The van der Waals surface area contributed by atoms with Crippen LogP contribution in [-0.2, 0) is 36.7 Å². The lowest BCUT2D eigenvalue weighted by atomic mass is 10.0. The standard InChI is InChI=1S/C25H22F6N4O3/c1-14(17-6-2-15(3-7-17)12-19(36)37)32-22(38)20-21(25(29,30)31)33-35-11-10-34(23(20)35)13-16-4-8-18(9-5-16)24(26,27)28/h2-9,14H,10-13H2,1H3,(H,32,38)(H,36,37)/t14-/m0/s1. The van der Waals surface area contributed by atoms with Crippen LogP contribution in [0.15, 0.2) is 48.5 Å². The molecule has 2 N–H and O–H groups in total. The first-order chi connectivity index (χ1) is 17.7. The maximum Gasteiger partial charge on any atom is 0.436 e. The number of carbonyl (C=O) groups is 2. The first-order valence-electron chi connectivity index (χ1n) is 11.4. The Hall–Kier alpha value is -4.03. The van der Waals surface area contributed by atoms with Crippen molar-refractivity contribution in [1.29, 1.82) is 0 Å². The van der Waals surface area contributed by atoms with Gasteiger partial charge in [0.25, 0.3) is 5.91 Å². The highest BCUT2D eigenvalue weighted by Crippen LogP contribution is 2.39. The smallest absolute Gasteiger partial charge is 0.436 e. The summed E-state index contributed by atoms with van der Waals surface area (Å²) in [5, 5.41) is 15.1. The number of halogens is 6. The van der Waals surface area contributed by atoms with Crippen LogP contribution in [0.2, 0.25) is 0 Å². The number of carboxylic acid groups (broad SMARTS) is 1. The van der Waals surface area contributed by atoms with Gasteiger partial charge in [0, 0.05) is 13.1 Å². The number of benzene rings is 2. The largest absolute Gasteiger partial charge is 0.481 e. The quantitative estimate of drug-likeness (QED) is 0.410. The Morgan fingerprint density at radius 1 is 0.947 bits per heavy atom. The van der Waals surface area contributed by atoms with E-state index in [0.717, 1.165) is 16.8 Å². The molecule has 0 unspecified atom stereocenters. The van der Waals surface area contributed by atoms with E-state index in [2.05, 4.69) is 10.4 Å². The number of alkyl halides is 6. The summed E-state index contributed by atoms with van der Waals surface area (Å²) >= 11 is 0. The maximum atomic E-state index is 13.9. The van der Waals surface area contributed by atoms with Gasteiger partial charge in [-0.1, -0.05) is 36.4 Å². The summed E-state index contributed by atoms with van der Waals surface area (Å²) in [4.78, 5) is 25.5. The highest BCUT2D eigenvalue weighted by Gasteiger charge is 2.44. The average molecular weight is 540 g/mol. The highest BCUT2D eigenvalue weighted by molar-refractivity contribution is 6.01. The van der Waals surface area contributed by atoms with E-state index in [0.29, 0.717) is 16.7 Å². The van der Waals surface area contributed by atoms with Crippen molar-refractivity contribution in [2.45, 2.75) is 44.8 Å². The molecule has 0 bridgehead atoms. The number of aromatic nitrogens is 2. The number of hydrogen-bond donors (Lipinski definition) is 2. The fourth-order valence-electron chi connectivity index (χ4n) is 4.28. The fourth-order valence-corrected chi connectivity index (χ4v) is 4.28. The Morgan fingerprint density at radius 2 is 1.55 bits per heavy atom. The minimum absolute atomic E-state index is 0.0258. The summed E-state index contributed by atoms with van der Waals surface area (Å²) < 4.78 is 81.3. The molecule has 1 amide bonds. The lowest BCUT2D eigenvalue weighted by molar-refractivity contribution is -0.142. The Kier molecular flexibility index (Phi) is 7.13. The lowest BCUT2D eigenvalue weighted by Gasteiger charge is -2.21. The maximum absolute atomic E-state index is 13.9. The average Bonchev–Trinajstić information content (AvgIpc) is 3.39. The second-order valence-electron chi connectivity index (χ2n) is 8.89. The zero-order valence-electron chi connectivity index (χ0n) is 19.9. The predicted molar refractivity (Wildman–Crippen MR) is 123 cm³/mol. The number of rotatable bonds is 7. The zero-order valence-corrected chi connectivity index (χ0v) is 19.9. The number of amides is 1. The Labute approximate surface area is 212 Å². The van der Waals surface area contributed by atoms with Crippen molar-refractivity contribution in [3.63, 3.8) is 0 Å². The van der Waals surface area contributed by atoms with Gasteiger partial charge in [-0.25, -0.2) is 4.68 Å². The van der Waals surface area contributed by atoms with Crippen molar-refractivity contribution in [1.82, 2.24) is 15.1 Å². The van der Waals surface area contributed by atoms with Crippen LogP contribution in [0, 0.1) is 0 Å². The molecular formula is C25H22F6N4O3. The van der Waals surface area contributed by atoms with Gasteiger partial charge in [-0.05, 0) is 35.7 Å². The second-order valence-corrected chi connectivity index (χ2v) is 8.89. The zero-order chi connectivity index (χ0) is 27.8. The third-order valence-electron chi connectivity index (χ3n) is 6.14. The van der Waals surface area contributed by atoms with Crippen molar-refractivity contribution < 1.29 is 41.0 Å². The third-order valence-corrected chi connectivity index (χ3v) is 6.14. The van der Waals surface area contributed by atoms with Gasteiger partial charge in [0.05, 0.1) is 24.6 Å². The molecule has 2 heterocycles. The van der Waals surface area contributed by atoms with Gasteiger partial charge in [-0.2, -0.15) is 31.4 Å². The molecule has 3 aromatic rings. The number of carbonyl (C=O) groups excluding carboxylic acids is 1. The van der Waals surface area contributed by atoms with Crippen LogP contribution < -0.4 is 10.2 Å². The first kappa shape index (κ1) is 27.0. The number of hydrogen-bond acceptors (Lipinski definition) is 4. The Balaban J connectivity index is 1.60. The van der Waals surface area contributed by atoms with Crippen LogP contribution in [0.3, 0.4) is 0 Å². The van der Waals surface area contributed by atoms with Crippen molar-refractivity contribution in [3.05, 3.63) is 82.0 Å². The molecule has 0 fully saturated rings. The SMILES string of the molecule is C[C@H](NC(=O)c1c(C(F)(F)F)nn2c1N(Cc1ccc(C(F)(F)F)cc1)CC2)c1ccc(CC(=O)O)cc1. The minimum Gasteiger partial charge on any atom is -0.481 e. The van der Waals surface area contributed by atoms with Crippen LogP contribution in [0.4, 0.5) is 32.2 Å². The minimum atomic E-state index is -4.92. The van der Waals surface area contributed by atoms with Crippen molar-refractivity contribution >= 4 is 17.7 Å². The van der Waals surface area contributed by atoms with Gasteiger partial charge in [0.2, 0.25) is 0 Å². The van der Waals surface area contributed by atoms with Crippen molar-refractivity contribution in [2.75, 3.05) is 11.4 Å².